The van der Waals surface area contributed by atoms with E-state index in [0.717, 1.165) is 22.8 Å². The van der Waals surface area contributed by atoms with E-state index >= 15 is 0 Å². The van der Waals surface area contributed by atoms with Crippen molar-refractivity contribution in [1.29, 1.82) is 0 Å². The van der Waals surface area contributed by atoms with Gasteiger partial charge in [0, 0.05) is 5.56 Å². The summed E-state index contributed by atoms with van der Waals surface area (Å²) in [5.74, 6) is 0.493. The monoisotopic (exact) mass is 290 g/mol. The third-order valence-corrected chi connectivity index (χ3v) is 3.58. The van der Waals surface area contributed by atoms with Crippen molar-refractivity contribution in [2.45, 2.75) is 19.1 Å². The Morgan fingerprint density at radius 1 is 1.10 bits per heavy atom. The molecule has 1 aliphatic heterocycles. The average Bonchev–Trinajstić information content (AvgIpc) is 2.79. The van der Waals surface area contributed by atoms with Crippen LogP contribution in [0, 0.1) is 0 Å². The first-order valence-corrected chi connectivity index (χ1v) is 6.52. The Labute approximate surface area is 120 Å². The number of benzene rings is 2. The largest absolute Gasteiger partial charge is 0.416 e. The number of hydrogen-bond acceptors (Lipinski definition) is 2. The summed E-state index contributed by atoms with van der Waals surface area (Å²) in [6.45, 7) is 0.496. The van der Waals surface area contributed by atoms with Gasteiger partial charge in [-0.15, -0.1) is 0 Å². The predicted molar refractivity (Wildman–Crippen MR) is 75.1 cm³/mol. The molecule has 0 saturated carbocycles. The van der Waals surface area contributed by atoms with Crippen LogP contribution in [0.15, 0.2) is 47.5 Å². The van der Waals surface area contributed by atoms with Gasteiger partial charge in [0.15, 0.2) is 0 Å². The first-order chi connectivity index (χ1) is 9.95. The number of alkyl halides is 3. The molecule has 2 N–H and O–H groups in total. The average molecular weight is 290 g/mol. The maximum absolute atomic E-state index is 13.0. The molecular weight excluding hydrogens is 277 g/mol. The first-order valence-electron chi connectivity index (χ1n) is 6.52. The van der Waals surface area contributed by atoms with Crippen LogP contribution in [0.2, 0.25) is 0 Å². The summed E-state index contributed by atoms with van der Waals surface area (Å²) in [6, 6.07) is 11.2. The topological polar surface area (TPSA) is 38.4 Å². The van der Waals surface area contributed by atoms with Gasteiger partial charge in [-0.1, -0.05) is 36.4 Å². The summed E-state index contributed by atoms with van der Waals surface area (Å²) < 4.78 is 39.0. The van der Waals surface area contributed by atoms with Gasteiger partial charge in [-0.05, 0) is 29.2 Å². The van der Waals surface area contributed by atoms with E-state index in [0.29, 0.717) is 12.4 Å². The molecule has 2 aromatic rings. The minimum absolute atomic E-state index is 0.239. The van der Waals surface area contributed by atoms with Crippen molar-refractivity contribution < 1.29 is 13.2 Å². The van der Waals surface area contributed by atoms with E-state index in [4.69, 9.17) is 5.73 Å². The van der Waals surface area contributed by atoms with E-state index in [2.05, 4.69) is 4.99 Å². The summed E-state index contributed by atoms with van der Waals surface area (Å²) >= 11 is 0. The van der Waals surface area contributed by atoms with Gasteiger partial charge in [0.2, 0.25) is 0 Å². The van der Waals surface area contributed by atoms with Crippen LogP contribution in [0.1, 0.15) is 27.8 Å². The van der Waals surface area contributed by atoms with Gasteiger partial charge in [0.05, 0.1) is 12.1 Å². The molecule has 5 heteroatoms. The van der Waals surface area contributed by atoms with Crippen LogP contribution < -0.4 is 5.73 Å². The Kier molecular flexibility index (Phi) is 3.20. The quantitative estimate of drug-likeness (QED) is 0.903. The van der Waals surface area contributed by atoms with Crippen LogP contribution in [0.5, 0.6) is 0 Å². The minimum atomic E-state index is -4.33. The van der Waals surface area contributed by atoms with Gasteiger partial charge in [-0.25, -0.2) is 0 Å². The molecule has 0 aliphatic carbocycles. The van der Waals surface area contributed by atoms with Crippen molar-refractivity contribution in [3.63, 3.8) is 0 Å². The molecule has 0 aromatic heterocycles. The summed E-state index contributed by atoms with van der Waals surface area (Å²) in [6.07, 6.45) is -4.09. The minimum Gasteiger partial charge on any atom is -0.383 e. The van der Waals surface area contributed by atoms with Crippen LogP contribution in [-0.4, -0.2) is 5.84 Å². The van der Waals surface area contributed by atoms with Crippen molar-refractivity contribution in [1.82, 2.24) is 0 Å². The zero-order valence-corrected chi connectivity index (χ0v) is 11.1. The predicted octanol–water partition coefficient (Wildman–Crippen LogP) is 3.52. The lowest BCUT2D eigenvalue weighted by atomic mass is 9.97. The van der Waals surface area contributed by atoms with E-state index in [-0.39, 0.29) is 12.0 Å². The van der Waals surface area contributed by atoms with Gasteiger partial charge >= 0.3 is 6.18 Å². The van der Waals surface area contributed by atoms with Gasteiger partial charge in [-0.2, -0.15) is 13.2 Å². The standard InChI is InChI=1S/C16H13F3N2/c17-16(18,19)14-4-2-1-3-11(14)7-10-5-6-13-12(8-10)9-21-15(13)20/h1-6,8H,7,9H2,(H2,20,21). The molecule has 21 heavy (non-hydrogen) atoms. The van der Waals surface area contributed by atoms with E-state index in [1.807, 2.05) is 12.1 Å². The third kappa shape index (κ3) is 2.63. The number of halogens is 3. The second kappa shape index (κ2) is 4.91. The van der Waals surface area contributed by atoms with Crippen molar-refractivity contribution in [3.05, 3.63) is 70.3 Å². The van der Waals surface area contributed by atoms with Crippen molar-refractivity contribution in [2.75, 3.05) is 0 Å². The number of fused-ring (bicyclic) bond motifs is 1. The highest BCUT2D eigenvalue weighted by molar-refractivity contribution is 6.00. The van der Waals surface area contributed by atoms with E-state index < -0.39 is 11.7 Å². The number of amidine groups is 1. The fraction of sp³-hybridized carbons (Fsp3) is 0.188. The molecule has 0 amide bonds. The summed E-state index contributed by atoms with van der Waals surface area (Å²) in [4.78, 5) is 4.12. The SMILES string of the molecule is NC1=NCc2cc(Cc3ccccc3C(F)(F)F)ccc21. The van der Waals surface area contributed by atoms with Crippen molar-refractivity contribution >= 4 is 5.84 Å². The Bertz CT molecular complexity index is 718. The number of rotatable bonds is 2. The molecule has 0 saturated heterocycles. The lowest BCUT2D eigenvalue weighted by molar-refractivity contribution is -0.138. The lowest BCUT2D eigenvalue weighted by Crippen LogP contribution is -2.11. The molecular formula is C16H13F3N2. The number of aliphatic imine (C=N–C) groups is 1. The normalized spacial score (nSPS) is 14.0. The highest BCUT2D eigenvalue weighted by atomic mass is 19.4. The fourth-order valence-corrected chi connectivity index (χ4v) is 2.56. The highest BCUT2D eigenvalue weighted by Gasteiger charge is 2.32. The second-order valence-corrected chi connectivity index (χ2v) is 5.02. The van der Waals surface area contributed by atoms with Gasteiger partial charge in [-0.3, -0.25) is 4.99 Å². The van der Waals surface area contributed by atoms with Crippen LogP contribution in [0.3, 0.4) is 0 Å². The smallest absolute Gasteiger partial charge is 0.383 e. The van der Waals surface area contributed by atoms with E-state index in [9.17, 15) is 13.2 Å². The molecule has 1 aliphatic rings. The van der Waals surface area contributed by atoms with Gasteiger partial charge < -0.3 is 5.73 Å². The zero-order chi connectivity index (χ0) is 15.0. The summed E-state index contributed by atoms with van der Waals surface area (Å²) in [7, 11) is 0. The first kappa shape index (κ1) is 13.7. The molecule has 2 aromatic carbocycles. The maximum atomic E-state index is 13.0. The third-order valence-electron chi connectivity index (χ3n) is 3.58. The van der Waals surface area contributed by atoms with Crippen LogP contribution >= 0.6 is 0 Å². The molecule has 0 radical (unpaired) electrons. The van der Waals surface area contributed by atoms with E-state index in [1.165, 1.54) is 12.1 Å². The Balaban J connectivity index is 1.92. The molecule has 0 unspecified atom stereocenters. The number of nitrogens with two attached hydrogens (primary N) is 1. The Morgan fingerprint density at radius 2 is 1.86 bits per heavy atom. The number of hydrogen-bond donors (Lipinski definition) is 1. The number of nitrogens with zero attached hydrogens (tertiary/aromatic N) is 1. The van der Waals surface area contributed by atoms with Crippen molar-refractivity contribution in [3.8, 4) is 0 Å². The van der Waals surface area contributed by atoms with Crippen molar-refractivity contribution in [2.24, 2.45) is 10.7 Å². The lowest BCUT2D eigenvalue weighted by Gasteiger charge is -2.13. The molecule has 0 bridgehead atoms. The molecule has 0 spiro atoms. The fourth-order valence-electron chi connectivity index (χ4n) is 2.56. The Morgan fingerprint density at radius 3 is 2.62 bits per heavy atom. The molecule has 108 valence electrons. The molecule has 0 atom stereocenters. The van der Waals surface area contributed by atoms with Crippen LogP contribution in [-0.2, 0) is 19.1 Å². The molecule has 3 rings (SSSR count). The van der Waals surface area contributed by atoms with E-state index in [1.54, 1.807) is 12.1 Å². The van der Waals surface area contributed by atoms with Gasteiger partial charge in [0.1, 0.15) is 5.84 Å². The summed E-state index contributed by atoms with van der Waals surface area (Å²) in [5.41, 5.74) is 8.10. The van der Waals surface area contributed by atoms with Crippen LogP contribution in [0.25, 0.3) is 0 Å². The van der Waals surface area contributed by atoms with Crippen LogP contribution in [0.4, 0.5) is 13.2 Å². The summed E-state index contributed by atoms with van der Waals surface area (Å²) in [5, 5.41) is 0. The second-order valence-electron chi connectivity index (χ2n) is 5.02. The zero-order valence-electron chi connectivity index (χ0n) is 11.1. The highest BCUT2D eigenvalue weighted by Crippen LogP contribution is 2.33. The maximum Gasteiger partial charge on any atom is 0.416 e. The molecule has 1 heterocycles. The Hall–Kier alpha value is -2.30. The molecule has 0 fully saturated rings. The van der Waals surface area contributed by atoms with Gasteiger partial charge in [0.25, 0.3) is 0 Å². The molecule has 2 nitrogen and oxygen atoms in total.